The summed E-state index contributed by atoms with van der Waals surface area (Å²) in [6.07, 6.45) is 0.996. The number of rotatable bonds is 4. The smallest absolute Gasteiger partial charge is 0.0742 e. The highest BCUT2D eigenvalue weighted by atomic mass is 16.3. The van der Waals surface area contributed by atoms with E-state index in [0.717, 1.165) is 25.2 Å². The summed E-state index contributed by atoms with van der Waals surface area (Å²) >= 11 is 0. The number of aryl methyl sites for hydroxylation is 1. The molecule has 1 aliphatic heterocycles. The monoisotopic (exact) mass is 248 g/mol. The molecule has 1 heterocycles. The minimum Gasteiger partial charge on any atom is -0.394 e. The van der Waals surface area contributed by atoms with Gasteiger partial charge in [-0.15, -0.1) is 0 Å². The first-order valence-electron chi connectivity index (χ1n) is 6.75. The van der Waals surface area contributed by atoms with Crippen LogP contribution in [0.1, 0.15) is 25.8 Å². The number of likely N-dealkylation sites (tertiary alicyclic amines) is 1. The number of nitrogens with zero attached hydrogens (tertiary/aromatic N) is 1. The molecule has 0 bridgehead atoms. The van der Waals surface area contributed by atoms with Gasteiger partial charge in [0.25, 0.3) is 0 Å². The molecular weight excluding hydrogens is 224 g/mol. The molecule has 1 saturated heterocycles. The van der Waals surface area contributed by atoms with Crippen molar-refractivity contribution in [3.8, 4) is 0 Å². The average Bonchev–Trinajstić information content (AvgIpc) is 2.77. The number of nitrogens with one attached hydrogen (secondary N) is 1. The lowest BCUT2D eigenvalue weighted by Gasteiger charge is -2.31. The predicted octanol–water partition coefficient (Wildman–Crippen LogP) is 2.25. The van der Waals surface area contributed by atoms with Gasteiger partial charge in [0.05, 0.1) is 12.1 Å². The molecule has 0 aliphatic carbocycles. The van der Waals surface area contributed by atoms with Gasteiger partial charge in [-0.25, -0.2) is 0 Å². The van der Waals surface area contributed by atoms with Crippen molar-refractivity contribution in [2.75, 3.05) is 25.0 Å². The SMILES string of the molecule is Cc1ccccc1NC1(CO)CCN(C(C)C)C1. The summed E-state index contributed by atoms with van der Waals surface area (Å²) in [7, 11) is 0. The highest BCUT2D eigenvalue weighted by molar-refractivity contribution is 5.52. The van der Waals surface area contributed by atoms with E-state index < -0.39 is 0 Å². The number of aliphatic hydroxyl groups excluding tert-OH is 1. The molecule has 1 fully saturated rings. The van der Waals surface area contributed by atoms with Crippen LogP contribution in [0.5, 0.6) is 0 Å². The van der Waals surface area contributed by atoms with Crippen LogP contribution in [-0.2, 0) is 0 Å². The molecule has 1 unspecified atom stereocenters. The topological polar surface area (TPSA) is 35.5 Å². The molecule has 0 radical (unpaired) electrons. The molecule has 18 heavy (non-hydrogen) atoms. The standard InChI is InChI=1S/C15H24N2O/c1-12(2)17-9-8-15(10-17,11-18)16-14-7-5-4-6-13(14)3/h4-7,12,16,18H,8-11H2,1-3H3. The molecule has 3 heteroatoms. The molecule has 1 atom stereocenters. The molecule has 0 amide bonds. The number of anilines is 1. The van der Waals surface area contributed by atoms with E-state index in [1.807, 2.05) is 12.1 Å². The highest BCUT2D eigenvalue weighted by Gasteiger charge is 2.38. The predicted molar refractivity (Wildman–Crippen MR) is 75.9 cm³/mol. The zero-order chi connectivity index (χ0) is 13.2. The second-order valence-electron chi connectivity index (χ2n) is 5.69. The highest BCUT2D eigenvalue weighted by Crippen LogP contribution is 2.28. The van der Waals surface area contributed by atoms with Crippen molar-refractivity contribution < 1.29 is 5.11 Å². The van der Waals surface area contributed by atoms with Crippen LogP contribution in [0.25, 0.3) is 0 Å². The number of para-hydroxylation sites is 1. The minimum absolute atomic E-state index is 0.184. The van der Waals surface area contributed by atoms with Crippen LogP contribution < -0.4 is 5.32 Å². The number of benzene rings is 1. The molecule has 3 nitrogen and oxygen atoms in total. The van der Waals surface area contributed by atoms with Gasteiger partial charge in [0.1, 0.15) is 0 Å². The minimum atomic E-state index is -0.184. The van der Waals surface area contributed by atoms with Crippen molar-refractivity contribution in [1.29, 1.82) is 0 Å². The molecule has 0 saturated carbocycles. The first kappa shape index (κ1) is 13.4. The van der Waals surface area contributed by atoms with Crippen LogP contribution in [0.3, 0.4) is 0 Å². The van der Waals surface area contributed by atoms with Gasteiger partial charge in [-0.2, -0.15) is 0 Å². The summed E-state index contributed by atoms with van der Waals surface area (Å²) in [5.41, 5.74) is 2.18. The molecule has 100 valence electrons. The first-order valence-corrected chi connectivity index (χ1v) is 6.75. The molecule has 0 aromatic heterocycles. The van der Waals surface area contributed by atoms with Gasteiger partial charge in [0, 0.05) is 24.8 Å². The normalized spacial score (nSPS) is 24.7. The Balaban J connectivity index is 2.13. The van der Waals surface area contributed by atoms with Gasteiger partial charge in [0.2, 0.25) is 0 Å². The molecule has 2 N–H and O–H groups in total. The third-order valence-electron chi connectivity index (χ3n) is 3.96. The Morgan fingerprint density at radius 3 is 2.67 bits per heavy atom. The van der Waals surface area contributed by atoms with Gasteiger partial charge in [-0.05, 0) is 38.8 Å². The summed E-state index contributed by atoms with van der Waals surface area (Å²) in [6.45, 7) is 8.67. The lowest BCUT2D eigenvalue weighted by atomic mass is 9.98. The van der Waals surface area contributed by atoms with E-state index >= 15 is 0 Å². The van der Waals surface area contributed by atoms with Gasteiger partial charge in [-0.3, -0.25) is 4.90 Å². The molecule has 1 aromatic carbocycles. The van der Waals surface area contributed by atoms with Gasteiger partial charge >= 0.3 is 0 Å². The van der Waals surface area contributed by atoms with Crippen LogP contribution in [-0.4, -0.2) is 41.3 Å². The van der Waals surface area contributed by atoms with E-state index in [4.69, 9.17) is 0 Å². The Morgan fingerprint density at radius 2 is 2.11 bits per heavy atom. The van der Waals surface area contributed by atoms with Crippen molar-refractivity contribution in [3.63, 3.8) is 0 Å². The molecule has 1 aromatic rings. The first-order chi connectivity index (χ1) is 8.56. The third kappa shape index (κ3) is 2.68. The summed E-state index contributed by atoms with van der Waals surface area (Å²) in [4.78, 5) is 2.42. The maximum Gasteiger partial charge on any atom is 0.0742 e. The second kappa shape index (κ2) is 5.29. The Morgan fingerprint density at radius 1 is 1.39 bits per heavy atom. The molecule has 1 aliphatic rings. The third-order valence-corrected chi connectivity index (χ3v) is 3.96. The van der Waals surface area contributed by atoms with Crippen LogP contribution >= 0.6 is 0 Å². The van der Waals surface area contributed by atoms with Gasteiger partial charge in [0.15, 0.2) is 0 Å². The lowest BCUT2D eigenvalue weighted by Crippen LogP contribution is -2.45. The largest absolute Gasteiger partial charge is 0.394 e. The van der Waals surface area contributed by atoms with E-state index in [9.17, 15) is 5.11 Å². The van der Waals surface area contributed by atoms with Gasteiger partial charge < -0.3 is 10.4 Å². The maximum atomic E-state index is 9.78. The molecule has 0 spiro atoms. The summed E-state index contributed by atoms with van der Waals surface area (Å²) in [5, 5.41) is 13.3. The summed E-state index contributed by atoms with van der Waals surface area (Å²) in [5.74, 6) is 0. The van der Waals surface area contributed by atoms with Crippen molar-refractivity contribution in [3.05, 3.63) is 29.8 Å². The van der Waals surface area contributed by atoms with Crippen LogP contribution in [0.4, 0.5) is 5.69 Å². The summed E-state index contributed by atoms with van der Waals surface area (Å²) < 4.78 is 0. The van der Waals surface area contributed by atoms with Crippen molar-refractivity contribution in [2.24, 2.45) is 0 Å². The fourth-order valence-corrected chi connectivity index (χ4v) is 2.61. The van der Waals surface area contributed by atoms with E-state index in [2.05, 4.69) is 43.1 Å². The second-order valence-corrected chi connectivity index (χ2v) is 5.69. The van der Waals surface area contributed by atoms with E-state index in [-0.39, 0.29) is 12.1 Å². The average molecular weight is 248 g/mol. The fraction of sp³-hybridized carbons (Fsp3) is 0.600. The fourth-order valence-electron chi connectivity index (χ4n) is 2.61. The molecule has 2 rings (SSSR count). The Kier molecular flexibility index (Phi) is 3.93. The Bertz CT molecular complexity index is 405. The Labute approximate surface area is 110 Å². The zero-order valence-electron chi connectivity index (χ0n) is 11.6. The Hall–Kier alpha value is -1.06. The quantitative estimate of drug-likeness (QED) is 0.858. The number of hydrogen-bond acceptors (Lipinski definition) is 3. The van der Waals surface area contributed by atoms with Crippen LogP contribution in [0, 0.1) is 6.92 Å². The van der Waals surface area contributed by atoms with E-state index in [1.54, 1.807) is 0 Å². The van der Waals surface area contributed by atoms with Crippen molar-refractivity contribution in [2.45, 2.75) is 38.8 Å². The lowest BCUT2D eigenvalue weighted by molar-refractivity contribution is 0.196. The van der Waals surface area contributed by atoms with E-state index in [1.165, 1.54) is 5.56 Å². The van der Waals surface area contributed by atoms with E-state index in [0.29, 0.717) is 6.04 Å². The number of aliphatic hydroxyl groups is 1. The zero-order valence-corrected chi connectivity index (χ0v) is 11.6. The maximum absolute atomic E-state index is 9.78. The van der Waals surface area contributed by atoms with Crippen LogP contribution in [0.15, 0.2) is 24.3 Å². The van der Waals surface area contributed by atoms with Crippen molar-refractivity contribution in [1.82, 2.24) is 4.90 Å². The number of hydrogen-bond donors (Lipinski definition) is 2. The van der Waals surface area contributed by atoms with Gasteiger partial charge in [-0.1, -0.05) is 18.2 Å². The summed E-state index contributed by atoms with van der Waals surface area (Å²) in [6, 6.07) is 8.81. The van der Waals surface area contributed by atoms with Crippen LogP contribution in [0.2, 0.25) is 0 Å². The van der Waals surface area contributed by atoms with Crippen molar-refractivity contribution >= 4 is 5.69 Å². The molecular formula is C15H24N2O.